The van der Waals surface area contributed by atoms with E-state index in [1.807, 2.05) is 25.1 Å². The molecule has 0 spiro atoms. The van der Waals surface area contributed by atoms with Gasteiger partial charge in [0.2, 0.25) is 10.0 Å². The standard InChI is InChI=1S/C20H26N2O3S/c1-15-14-18(12-13-19(15)22(3)26(4,24)25)20(23)21-16(2)10-11-17-8-6-5-7-9-17/h5-9,12-14,16H,10-11H2,1-4H3,(H,21,23)/t16-/m1/s1. The van der Waals surface area contributed by atoms with E-state index < -0.39 is 10.0 Å². The molecule has 1 amide bonds. The van der Waals surface area contributed by atoms with Crippen LogP contribution in [-0.4, -0.2) is 33.7 Å². The number of hydrogen-bond acceptors (Lipinski definition) is 3. The summed E-state index contributed by atoms with van der Waals surface area (Å²) in [5.74, 6) is -0.151. The summed E-state index contributed by atoms with van der Waals surface area (Å²) in [7, 11) is -1.83. The topological polar surface area (TPSA) is 66.5 Å². The lowest BCUT2D eigenvalue weighted by Gasteiger charge is -2.20. The highest BCUT2D eigenvalue weighted by atomic mass is 32.2. The summed E-state index contributed by atoms with van der Waals surface area (Å²) in [6.07, 6.45) is 2.91. The molecular weight excluding hydrogens is 348 g/mol. The van der Waals surface area contributed by atoms with Crippen LogP contribution < -0.4 is 9.62 Å². The number of anilines is 1. The Labute approximate surface area is 156 Å². The fourth-order valence-electron chi connectivity index (χ4n) is 2.74. The molecule has 0 heterocycles. The quantitative estimate of drug-likeness (QED) is 0.810. The van der Waals surface area contributed by atoms with Gasteiger partial charge in [-0.05, 0) is 56.0 Å². The number of rotatable bonds is 7. The molecule has 0 aliphatic rings. The third-order valence-electron chi connectivity index (χ3n) is 4.38. The number of hydrogen-bond donors (Lipinski definition) is 1. The third-order valence-corrected chi connectivity index (χ3v) is 5.57. The summed E-state index contributed by atoms with van der Waals surface area (Å²) in [6.45, 7) is 3.78. The Balaban J connectivity index is 2.00. The monoisotopic (exact) mass is 374 g/mol. The van der Waals surface area contributed by atoms with Gasteiger partial charge in [-0.25, -0.2) is 8.42 Å². The second-order valence-corrected chi connectivity index (χ2v) is 8.64. The van der Waals surface area contributed by atoms with Gasteiger partial charge < -0.3 is 5.32 Å². The van der Waals surface area contributed by atoms with Gasteiger partial charge in [0.15, 0.2) is 0 Å². The van der Waals surface area contributed by atoms with Gasteiger partial charge in [-0.15, -0.1) is 0 Å². The largest absolute Gasteiger partial charge is 0.350 e. The highest BCUT2D eigenvalue weighted by Gasteiger charge is 2.16. The van der Waals surface area contributed by atoms with Crippen LogP contribution >= 0.6 is 0 Å². The average molecular weight is 375 g/mol. The molecule has 26 heavy (non-hydrogen) atoms. The van der Waals surface area contributed by atoms with Crippen LogP contribution in [0.2, 0.25) is 0 Å². The zero-order chi connectivity index (χ0) is 19.3. The molecule has 0 fully saturated rings. The van der Waals surface area contributed by atoms with Crippen molar-refractivity contribution in [2.75, 3.05) is 17.6 Å². The molecule has 0 radical (unpaired) electrons. The first-order chi connectivity index (χ1) is 12.2. The minimum Gasteiger partial charge on any atom is -0.350 e. The molecule has 0 aliphatic carbocycles. The molecule has 2 aromatic carbocycles. The van der Waals surface area contributed by atoms with Gasteiger partial charge in [-0.1, -0.05) is 30.3 Å². The number of aryl methyl sites for hydroxylation is 2. The maximum Gasteiger partial charge on any atom is 0.251 e. The van der Waals surface area contributed by atoms with Crippen molar-refractivity contribution in [3.05, 3.63) is 65.2 Å². The minimum atomic E-state index is -3.33. The van der Waals surface area contributed by atoms with Gasteiger partial charge in [-0.3, -0.25) is 9.10 Å². The van der Waals surface area contributed by atoms with Crippen molar-refractivity contribution < 1.29 is 13.2 Å². The van der Waals surface area contributed by atoms with E-state index in [2.05, 4.69) is 17.4 Å². The van der Waals surface area contributed by atoms with Gasteiger partial charge in [0, 0.05) is 18.7 Å². The van der Waals surface area contributed by atoms with E-state index in [1.54, 1.807) is 25.1 Å². The van der Waals surface area contributed by atoms with Crippen molar-refractivity contribution in [1.82, 2.24) is 5.32 Å². The van der Waals surface area contributed by atoms with Crippen molar-refractivity contribution in [2.24, 2.45) is 0 Å². The molecule has 0 saturated heterocycles. The molecule has 0 aromatic heterocycles. The summed E-state index contributed by atoms with van der Waals surface area (Å²) < 4.78 is 24.6. The Kier molecular flexibility index (Phi) is 6.42. The van der Waals surface area contributed by atoms with E-state index in [0.717, 1.165) is 24.7 Å². The lowest BCUT2D eigenvalue weighted by atomic mass is 10.1. The van der Waals surface area contributed by atoms with E-state index >= 15 is 0 Å². The van der Waals surface area contributed by atoms with Gasteiger partial charge >= 0.3 is 0 Å². The van der Waals surface area contributed by atoms with E-state index in [0.29, 0.717) is 11.3 Å². The van der Waals surface area contributed by atoms with Crippen LogP contribution in [0.3, 0.4) is 0 Å². The maximum absolute atomic E-state index is 12.5. The van der Waals surface area contributed by atoms with E-state index in [4.69, 9.17) is 0 Å². The molecule has 140 valence electrons. The molecule has 0 saturated carbocycles. The average Bonchev–Trinajstić information content (AvgIpc) is 2.59. The molecule has 6 heteroatoms. The van der Waals surface area contributed by atoms with Crippen molar-refractivity contribution in [2.45, 2.75) is 32.7 Å². The second kappa shape index (κ2) is 8.36. The smallest absolute Gasteiger partial charge is 0.251 e. The lowest BCUT2D eigenvalue weighted by Crippen LogP contribution is -2.33. The summed E-state index contributed by atoms with van der Waals surface area (Å²) in [4.78, 5) is 12.5. The van der Waals surface area contributed by atoms with Crippen molar-refractivity contribution in [3.63, 3.8) is 0 Å². The van der Waals surface area contributed by atoms with Crippen LogP contribution in [0.5, 0.6) is 0 Å². The molecular formula is C20H26N2O3S. The van der Waals surface area contributed by atoms with Crippen LogP contribution in [0.15, 0.2) is 48.5 Å². The predicted molar refractivity (Wildman–Crippen MR) is 106 cm³/mol. The SMILES string of the molecule is Cc1cc(C(=O)N[C@H](C)CCc2ccccc2)ccc1N(C)S(C)(=O)=O. The molecule has 1 N–H and O–H groups in total. The fourth-order valence-corrected chi connectivity index (χ4v) is 3.30. The number of benzene rings is 2. The van der Waals surface area contributed by atoms with Gasteiger partial charge in [0.25, 0.3) is 5.91 Å². The van der Waals surface area contributed by atoms with E-state index in [1.165, 1.54) is 16.9 Å². The molecule has 2 rings (SSSR count). The molecule has 0 aliphatic heterocycles. The first kappa shape index (κ1) is 20.0. The minimum absolute atomic E-state index is 0.0429. The maximum atomic E-state index is 12.5. The Morgan fingerprint density at radius 2 is 1.81 bits per heavy atom. The van der Waals surface area contributed by atoms with E-state index in [-0.39, 0.29) is 11.9 Å². The van der Waals surface area contributed by atoms with Crippen LogP contribution in [0.25, 0.3) is 0 Å². The van der Waals surface area contributed by atoms with Gasteiger partial charge in [0.05, 0.1) is 11.9 Å². The van der Waals surface area contributed by atoms with Crippen LogP contribution in [-0.2, 0) is 16.4 Å². The van der Waals surface area contributed by atoms with Gasteiger partial charge in [0.1, 0.15) is 0 Å². The molecule has 0 unspecified atom stereocenters. The first-order valence-corrected chi connectivity index (χ1v) is 10.4. The summed E-state index contributed by atoms with van der Waals surface area (Å²) in [5.41, 5.74) is 3.08. The Bertz CT molecular complexity index is 864. The van der Waals surface area contributed by atoms with Crippen molar-refractivity contribution in [1.29, 1.82) is 0 Å². The Hall–Kier alpha value is -2.34. The normalized spacial score (nSPS) is 12.5. The first-order valence-electron chi connectivity index (χ1n) is 8.58. The highest BCUT2D eigenvalue weighted by molar-refractivity contribution is 7.92. The number of sulfonamides is 1. The van der Waals surface area contributed by atoms with Crippen LogP contribution in [0.4, 0.5) is 5.69 Å². The summed E-state index contributed by atoms with van der Waals surface area (Å²) >= 11 is 0. The third kappa shape index (κ3) is 5.33. The predicted octanol–water partition coefficient (Wildman–Crippen LogP) is 3.14. The van der Waals surface area contributed by atoms with Gasteiger partial charge in [-0.2, -0.15) is 0 Å². The highest BCUT2D eigenvalue weighted by Crippen LogP contribution is 2.22. The summed E-state index contributed by atoms with van der Waals surface area (Å²) in [5, 5.41) is 3.00. The zero-order valence-electron chi connectivity index (χ0n) is 15.7. The fraction of sp³-hybridized carbons (Fsp3) is 0.350. The number of carbonyl (C=O) groups is 1. The molecule has 1 atom stereocenters. The van der Waals surface area contributed by atoms with Crippen LogP contribution in [0, 0.1) is 6.92 Å². The lowest BCUT2D eigenvalue weighted by molar-refractivity contribution is 0.0938. The number of nitrogens with one attached hydrogen (secondary N) is 1. The van der Waals surface area contributed by atoms with Crippen LogP contribution in [0.1, 0.15) is 34.8 Å². The Morgan fingerprint density at radius 3 is 2.38 bits per heavy atom. The number of carbonyl (C=O) groups excluding carboxylic acids is 1. The second-order valence-electron chi connectivity index (χ2n) is 6.63. The van der Waals surface area contributed by atoms with Crippen molar-refractivity contribution in [3.8, 4) is 0 Å². The zero-order valence-corrected chi connectivity index (χ0v) is 16.5. The molecule has 2 aromatic rings. The van der Waals surface area contributed by atoms with Crippen molar-refractivity contribution >= 4 is 21.6 Å². The molecule has 5 nitrogen and oxygen atoms in total. The molecule has 0 bridgehead atoms. The number of amides is 1. The Morgan fingerprint density at radius 1 is 1.15 bits per heavy atom. The number of nitrogens with zero attached hydrogens (tertiary/aromatic N) is 1. The van der Waals surface area contributed by atoms with E-state index in [9.17, 15) is 13.2 Å². The summed E-state index contributed by atoms with van der Waals surface area (Å²) in [6, 6.07) is 15.2.